The molecular weight excluding hydrogens is 336 g/mol. The van der Waals surface area contributed by atoms with Gasteiger partial charge in [-0.3, -0.25) is 9.78 Å². The molecule has 138 valence electrons. The summed E-state index contributed by atoms with van der Waals surface area (Å²) >= 11 is 0. The smallest absolute Gasteiger partial charge is 0.255 e. The maximum absolute atomic E-state index is 13.4. The lowest BCUT2D eigenvalue weighted by molar-refractivity contribution is 0.0462. The minimum Gasteiger partial charge on any atom is -0.497 e. The number of nitrogens with zero attached hydrogens (tertiary/aromatic N) is 2. The third-order valence-electron chi connectivity index (χ3n) is 5.40. The van der Waals surface area contributed by atoms with E-state index in [9.17, 15) is 4.79 Å². The number of rotatable bonds is 4. The summed E-state index contributed by atoms with van der Waals surface area (Å²) < 4.78 is 5.34. The van der Waals surface area contributed by atoms with Crippen molar-refractivity contribution in [1.29, 1.82) is 0 Å². The zero-order chi connectivity index (χ0) is 19.0. The van der Waals surface area contributed by atoms with Gasteiger partial charge in [-0.05, 0) is 61.2 Å². The molecule has 4 heteroatoms. The van der Waals surface area contributed by atoms with E-state index >= 15 is 0 Å². The minimum absolute atomic E-state index is 0.0813. The molecular formula is C23H24N2O2. The average Bonchev–Trinajstić information content (AvgIpc) is 2.66. The molecule has 4 nitrogen and oxygen atoms in total. The molecule has 1 saturated heterocycles. The van der Waals surface area contributed by atoms with E-state index in [1.54, 1.807) is 7.11 Å². The number of likely N-dealkylation sites (tertiary alicyclic amines) is 1. The van der Waals surface area contributed by atoms with Crippen molar-refractivity contribution in [3.8, 4) is 5.75 Å². The van der Waals surface area contributed by atoms with Crippen LogP contribution in [0.15, 0.2) is 48.5 Å². The van der Waals surface area contributed by atoms with Crippen LogP contribution in [-0.4, -0.2) is 29.4 Å². The van der Waals surface area contributed by atoms with Crippen LogP contribution in [0.4, 0.5) is 0 Å². The Hall–Kier alpha value is -2.88. The number of hydrogen-bond donors (Lipinski definition) is 0. The van der Waals surface area contributed by atoms with Gasteiger partial charge in [0.05, 0.1) is 24.2 Å². The highest BCUT2D eigenvalue weighted by Gasteiger charge is 2.34. The molecule has 0 saturated carbocycles. The van der Waals surface area contributed by atoms with Crippen LogP contribution in [-0.2, 0) is 6.42 Å². The first-order chi connectivity index (χ1) is 13.1. The van der Waals surface area contributed by atoms with Crippen molar-refractivity contribution >= 4 is 16.8 Å². The summed E-state index contributed by atoms with van der Waals surface area (Å²) in [6.07, 6.45) is 1.91. The highest BCUT2D eigenvalue weighted by atomic mass is 16.5. The van der Waals surface area contributed by atoms with E-state index < -0.39 is 0 Å². The van der Waals surface area contributed by atoms with Gasteiger partial charge in [-0.15, -0.1) is 0 Å². The van der Waals surface area contributed by atoms with Crippen LogP contribution in [0.1, 0.15) is 46.6 Å². The Morgan fingerprint density at radius 2 is 2.07 bits per heavy atom. The largest absolute Gasteiger partial charge is 0.497 e. The van der Waals surface area contributed by atoms with Crippen molar-refractivity contribution in [1.82, 2.24) is 9.88 Å². The summed E-state index contributed by atoms with van der Waals surface area (Å²) in [6, 6.07) is 16.2. The van der Waals surface area contributed by atoms with Crippen molar-refractivity contribution in [2.45, 2.75) is 32.7 Å². The maximum Gasteiger partial charge on any atom is 0.255 e. The lowest BCUT2D eigenvalue weighted by atomic mass is 9.92. The second-order valence-electron chi connectivity index (χ2n) is 7.10. The standard InChI is InChI=1S/C23H24N2O2/c1-4-16-8-9-21-19(13-16)20(12-15(2)24-21)23(26)25-11-10-22(25)17-6-5-7-18(14-17)27-3/h5-9,12-14,22H,4,10-11H2,1-3H3. The topological polar surface area (TPSA) is 42.4 Å². The van der Waals surface area contributed by atoms with Crippen molar-refractivity contribution in [3.63, 3.8) is 0 Å². The fourth-order valence-electron chi connectivity index (χ4n) is 3.78. The summed E-state index contributed by atoms with van der Waals surface area (Å²) in [4.78, 5) is 20.0. The third kappa shape index (κ3) is 3.16. The van der Waals surface area contributed by atoms with Crippen LogP contribution in [0.5, 0.6) is 5.75 Å². The lowest BCUT2D eigenvalue weighted by Crippen LogP contribution is -2.45. The minimum atomic E-state index is 0.0813. The van der Waals surface area contributed by atoms with Crippen LogP contribution in [0.25, 0.3) is 10.9 Å². The van der Waals surface area contributed by atoms with Crippen molar-refractivity contribution in [2.75, 3.05) is 13.7 Å². The average molecular weight is 360 g/mol. The molecule has 1 aliphatic rings. The molecule has 1 atom stereocenters. The van der Waals surface area contributed by atoms with E-state index in [2.05, 4.69) is 30.1 Å². The van der Waals surface area contributed by atoms with Gasteiger partial charge in [-0.25, -0.2) is 0 Å². The molecule has 0 spiro atoms. The molecule has 1 amide bonds. The van der Waals surface area contributed by atoms with Gasteiger partial charge in [-0.1, -0.05) is 25.1 Å². The van der Waals surface area contributed by atoms with E-state index in [-0.39, 0.29) is 11.9 Å². The number of pyridine rings is 1. The van der Waals surface area contributed by atoms with Gasteiger partial charge in [0, 0.05) is 17.6 Å². The number of fused-ring (bicyclic) bond motifs is 1. The van der Waals surface area contributed by atoms with Gasteiger partial charge in [0.25, 0.3) is 5.91 Å². The predicted molar refractivity (Wildman–Crippen MR) is 107 cm³/mol. The molecule has 1 unspecified atom stereocenters. The van der Waals surface area contributed by atoms with Crippen molar-refractivity contribution < 1.29 is 9.53 Å². The van der Waals surface area contributed by atoms with E-state index in [0.29, 0.717) is 0 Å². The number of benzene rings is 2. The van der Waals surface area contributed by atoms with E-state index in [1.807, 2.05) is 42.2 Å². The second-order valence-corrected chi connectivity index (χ2v) is 7.10. The van der Waals surface area contributed by atoms with Crippen LogP contribution >= 0.6 is 0 Å². The second kappa shape index (κ2) is 7.03. The Kier molecular flexibility index (Phi) is 4.56. The Morgan fingerprint density at radius 1 is 1.22 bits per heavy atom. The Morgan fingerprint density at radius 3 is 2.78 bits per heavy atom. The van der Waals surface area contributed by atoms with Gasteiger partial charge in [0.1, 0.15) is 5.75 Å². The molecule has 1 aliphatic heterocycles. The predicted octanol–water partition coefficient (Wildman–Crippen LogP) is 4.70. The van der Waals surface area contributed by atoms with Crippen molar-refractivity contribution in [2.24, 2.45) is 0 Å². The molecule has 0 bridgehead atoms. The summed E-state index contributed by atoms with van der Waals surface area (Å²) in [5, 5.41) is 0.946. The first-order valence-corrected chi connectivity index (χ1v) is 9.46. The van der Waals surface area contributed by atoms with Gasteiger partial charge in [-0.2, -0.15) is 0 Å². The molecule has 4 rings (SSSR count). The third-order valence-corrected chi connectivity index (χ3v) is 5.40. The molecule has 1 aromatic heterocycles. The Labute approximate surface area is 159 Å². The molecule has 1 fully saturated rings. The number of aryl methyl sites for hydroxylation is 2. The molecule has 0 aliphatic carbocycles. The SMILES string of the molecule is CCc1ccc2nc(C)cc(C(=O)N3CCC3c3cccc(OC)c3)c2c1. The Balaban J connectivity index is 1.72. The Bertz CT molecular complexity index is 1010. The van der Waals surface area contributed by atoms with E-state index in [1.165, 1.54) is 5.56 Å². The summed E-state index contributed by atoms with van der Waals surface area (Å²) in [6.45, 7) is 4.84. The lowest BCUT2D eigenvalue weighted by Gasteiger charge is -2.41. The van der Waals surface area contributed by atoms with Gasteiger partial charge < -0.3 is 9.64 Å². The number of carbonyl (C=O) groups is 1. The normalized spacial score (nSPS) is 16.3. The number of hydrogen-bond acceptors (Lipinski definition) is 3. The molecule has 0 radical (unpaired) electrons. The first-order valence-electron chi connectivity index (χ1n) is 9.46. The quantitative estimate of drug-likeness (QED) is 0.677. The zero-order valence-electron chi connectivity index (χ0n) is 16.0. The van der Waals surface area contributed by atoms with Crippen molar-refractivity contribution in [3.05, 3.63) is 70.9 Å². The summed E-state index contributed by atoms with van der Waals surface area (Å²) in [5.74, 6) is 0.905. The van der Waals surface area contributed by atoms with E-state index in [0.717, 1.165) is 52.9 Å². The highest BCUT2D eigenvalue weighted by Crippen LogP contribution is 2.36. The molecule has 27 heavy (non-hydrogen) atoms. The van der Waals surface area contributed by atoms with Gasteiger partial charge in [0.2, 0.25) is 0 Å². The highest BCUT2D eigenvalue weighted by molar-refractivity contribution is 6.06. The molecule has 2 heterocycles. The fraction of sp³-hybridized carbons (Fsp3) is 0.304. The summed E-state index contributed by atoms with van der Waals surface area (Å²) in [7, 11) is 1.67. The zero-order valence-corrected chi connectivity index (χ0v) is 16.0. The van der Waals surface area contributed by atoms with E-state index in [4.69, 9.17) is 4.74 Å². The fourth-order valence-corrected chi connectivity index (χ4v) is 3.78. The molecule has 3 aromatic rings. The number of methoxy groups -OCH3 is 1. The number of ether oxygens (including phenoxy) is 1. The van der Waals surface area contributed by atoms with Crippen LogP contribution in [0.3, 0.4) is 0 Å². The van der Waals surface area contributed by atoms with Gasteiger partial charge >= 0.3 is 0 Å². The van der Waals surface area contributed by atoms with Gasteiger partial charge in [0.15, 0.2) is 0 Å². The molecule has 0 N–H and O–H groups in total. The van der Waals surface area contributed by atoms with Crippen LogP contribution in [0, 0.1) is 6.92 Å². The first kappa shape index (κ1) is 17.5. The van der Waals surface area contributed by atoms with Crippen LogP contribution in [0.2, 0.25) is 0 Å². The summed E-state index contributed by atoms with van der Waals surface area (Å²) in [5.41, 5.74) is 4.84. The monoisotopic (exact) mass is 360 g/mol. The maximum atomic E-state index is 13.4. The molecule has 2 aromatic carbocycles. The van der Waals surface area contributed by atoms with Crippen LogP contribution < -0.4 is 4.74 Å². The number of carbonyl (C=O) groups excluding carboxylic acids is 1. The number of aromatic nitrogens is 1. The number of amides is 1.